The normalized spacial score (nSPS) is 17.7. The van der Waals surface area contributed by atoms with Gasteiger partial charge in [-0.1, -0.05) is 35.5 Å². The number of carbonyl (C=O) groups is 2. The first-order valence-corrected chi connectivity index (χ1v) is 7.58. The molecular weight excluding hydrogens is 296 g/mol. The van der Waals surface area contributed by atoms with Crippen molar-refractivity contribution in [3.8, 4) is 11.3 Å². The maximum atomic E-state index is 12.2. The van der Waals surface area contributed by atoms with E-state index >= 15 is 0 Å². The van der Waals surface area contributed by atoms with Crippen LogP contribution in [0.1, 0.15) is 12.8 Å². The van der Waals surface area contributed by atoms with Gasteiger partial charge in [0.15, 0.2) is 11.6 Å². The molecule has 7 nitrogen and oxygen atoms in total. The molecule has 23 heavy (non-hydrogen) atoms. The lowest BCUT2D eigenvalue weighted by Gasteiger charge is -2.17. The van der Waals surface area contributed by atoms with Gasteiger partial charge in [-0.2, -0.15) is 0 Å². The molecule has 2 aliphatic rings. The second-order valence-electron chi connectivity index (χ2n) is 5.81. The highest BCUT2D eigenvalue weighted by Crippen LogP contribution is 2.29. The molecule has 1 N–H and O–H groups in total. The number of anilines is 1. The number of nitrogens with zero attached hydrogens (tertiary/aromatic N) is 3. The smallest absolute Gasteiger partial charge is 0.325 e. The van der Waals surface area contributed by atoms with E-state index in [9.17, 15) is 9.59 Å². The first-order valence-electron chi connectivity index (χ1n) is 7.58. The van der Waals surface area contributed by atoms with Crippen LogP contribution in [-0.4, -0.2) is 46.2 Å². The van der Waals surface area contributed by atoms with Crippen molar-refractivity contribution in [2.24, 2.45) is 0 Å². The second kappa shape index (κ2) is 5.42. The SMILES string of the molecule is O=C(Nc1cc(-c2ccccc2)on1)N1CC(=O)N(C2CC2)C1. The number of hydrogen-bond acceptors (Lipinski definition) is 4. The Bertz CT molecular complexity index is 739. The number of rotatable bonds is 3. The minimum Gasteiger partial charge on any atom is -0.354 e. The monoisotopic (exact) mass is 312 g/mol. The Kier molecular flexibility index (Phi) is 3.25. The molecule has 1 saturated heterocycles. The van der Waals surface area contributed by atoms with Crippen molar-refractivity contribution >= 4 is 17.8 Å². The Labute approximate surface area is 132 Å². The van der Waals surface area contributed by atoms with E-state index in [2.05, 4.69) is 10.5 Å². The molecule has 1 aliphatic heterocycles. The van der Waals surface area contributed by atoms with Crippen LogP contribution >= 0.6 is 0 Å². The van der Waals surface area contributed by atoms with E-state index in [1.54, 1.807) is 11.0 Å². The van der Waals surface area contributed by atoms with Crippen LogP contribution in [0.5, 0.6) is 0 Å². The molecule has 3 amide bonds. The number of nitrogens with one attached hydrogen (secondary N) is 1. The summed E-state index contributed by atoms with van der Waals surface area (Å²) in [4.78, 5) is 27.4. The van der Waals surface area contributed by atoms with E-state index in [-0.39, 0.29) is 18.5 Å². The Morgan fingerprint density at radius 2 is 2.04 bits per heavy atom. The lowest BCUT2D eigenvalue weighted by atomic mass is 10.2. The fourth-order valence-electron chi connectivity index (χ4n) is 2.67. The predicted octanol–water partition coefficient (Wildman–Crippen LogP) is 2.14. The topological polar surface area (TPSA) is 78.7 Å². The molecule has 2 aromatic rings. The van der Waals surface area contributed by atoms with Gasteiger partial charge in [-0.05, 0) is 12.8 Å². The van der Waals surface area contributed by atoms with Crippen LogP contribution in [0.3, 0.4) is 0 Å². The molecule has 0 atom stereocenters. The molecule has 1 aliphatic carbocycles. The Balaban J connectivity index is 1.41. The van der Waals surface area contributed by atoms with Gasteiger partial charge >= 0.3 is 6.03 Å². The van der Waals surface area contributed by atoms with Crippen LogP contribution in [-0.2, 0) is 4.79 Å². The average Bonchev–Trinajstić information content (AvgIpc) is 3.17. The van der Waals surface area contributed by atoms with E-state index in [1.807, 2.05) is 30.3 Å². The first-order chi connectivity index (χ1) is 11.2. The summed E-state index contributed by atoms with van der Waals surface area (Å²) in [5, 5.41) is 6.54. The van der Waals surface area contributed by atoms with Crippen LogP contribution in [0.25, 0.3) is 11.3 Å². The van der Waals surface area contributed by atoms with Gasteiger partial charge in [-0.3, -0.25) is 15.0 Å². The molecule has 0 bridgehead atoms. The van der Waals surface area contributed by atoms with E-state index in [0.29, 0.717) is 24.3 Å². The van der Waals surface area contributed by atoms with Crippen LogP contribution < -0.4 is 5.32 Å². The fourth-order valence-corrected chi connectivity index (χ4v) is 2.67. The van der Waals surface area contributed by atoms with Crippen molar-refractivity contribution < 1.29 is 14.1 Å². The van der Waals surface area contributed by atoms with Crippen LogP contribution in [0.15, 0.2) is 40.9 Å². The van der Waals surface area contributed by atoms with Crippen molar-refractivity contribution in [3.63, 3.8) is 0 Å². The molecule has 4 rings (SSSR count). The standard InChI is InChI=1S/C16H16N4O3/c21-15-9-19(10-20(15)12-6-7-12)16(22)17-14-8-13(23-18-14)11-4-2-1-3-5-11/h1-5,8,12H,6-7,9-10H2,(H,17,18,22). The fraction of sp³-hybridized carbons (Fsp3) is 0.312. The third kappa shape index (κ3) is 2.77. The molecular formula is C16H16N4O3. The predicted molar refractivity (Wildman–Crippen MR) is 82.4 cm³/mol. The van der Waals surface area contributed by atoms with Crippen LogP contribution in [0.2, 0.25) is 0 Å². The summed E-state index contributed by atoms with van der Waals surface area (Å²) < 4.78 is 5.24. The van der Waals surface area contributed by atoms with Gasteiger partial charge in [0, 0.05) is 17.7 Å². The quantitative estimate of drug-likeness (QED) is 0.941. The number of urea groups is 1. The molecule has 7 heteroatoms. The molecule has 2 heterocycles. The zero-order valence-corrected chi connectivity index (χ0v) is 12.4. The van der Waals surface area contributed by atoms with Crippen molar-refractivity contribution in [3.05, 3.63) is 36.4 Å². The van der Waals surface area contributed by atoms with Crippen LogP contribution in [0, 0.1) is 0 Å². The first kappa shape index (κ1) is 13.8. The molecule has 118 valence electrons. The number of hydrogen-bond donors (Lipinski definition) is 1. The highest BCUT2D eigenvalue weighted by Gasteiger charge is 2.40. The molecule has 2 fully saturated rings. The Hall–Kier alpha value is -2.83. The summed E-state index contributed by atoms with van der Waals surface area (Å²) in [7, 11) is 0. The number of benzene rings is 1. The third-order valence-corrected chi connectivity index (χ3v) is 4.05. The van der Waals surface area contributed by atoms with E-state index < -0.39 is 0 Å². The van der Waals surface area contributed by atoms with E-state index in [4.69, 9.17) is 4.52 Å². The van der Waals surface area contributed by atoms with E-state index in [1.165, 1.54) is 4.90 Å². The average molecular weight is 312 g/mol. The summed E-state index contributed by atoms with van der Waals surface area (Å²) in [6.45, 7) is 0.463. The minimum atomic E-state index is -0.339. The Morgan fingerprint density at radius 3 is 2.78 bits per heavy atom. The number of carbonyl (C=O) groups excluding carboxylic acids is 2. The van der Waals surface area contributed by atoms with Gasteiger partial charge in [0.05, 0.1) is 6.67 Å². The van der Waals surface area contributed by atoms with Crippen molar-refractivity contribution in [2.45, 2.75) is 18.9 Å². The lowest BCUT2D eigenvalue weighted by Crippen LogP contribution is -2.35. The molecule has 0 radical (unpaired) electrons. The maximum Gasteiger partial charge on any atom is 0.325 e. The molecule has 0 unspecified atom stereocenters. The summed E-state index contributed by atoms with van der Waals surface area (Å²) >= 11 is 0. The summed E-state index contributed by atoms with van der Waals surface area (Å²) in [6, 6.07) is 11.2. The van der Waals surface area contributed by atoms with Crippen LogP contribution in [0.4, 0.5) is 10.6 Å². The summed E-state index contributed by atoms with van der Waals surface area (Å²) in [5.41, 5.74) is 0.886. The lowest BCUT2D eigenvalue weighted by molar-refractivity contribution is -0.127. The van der Waals surface area contributed by atoms with Gasteiger partial charge in [-0.25, -0.2) is 4.79 Å². The Morgan fingerprint density at radius 1 is 1.26 bits per heavy atom. The highest BCUT2D eigenvalue weighted by molar-refractivity contribution is 5.94. The number of aromatic nitrogens is 1. The van der Waals surface area contributed by atoms with Crippen molar-refractivity contribution in [1.82, 2.24) is 15.0 Å². The molecule has 1 aromatic carbocycles. The molecule has 1 aromatic heterocycles. The van der Waals surface area contributed by atoms with Crippen molar-refractivity contribution in [1.29, 1.82) is 0 Å². The third-order valence-electron chi connectivity index (χ3n) is 4.05. The van der Waals surface area contributed by atoms with E-state index in [0.717, 1.165) is 18.4 Å². The summed E-state index contributed by atoms with van der Waals surface area (Å²) in [5.74, 6) is 0.928. The second-order valence-corrected chi connectivity index (χ2v) is 5.81. The van der Waals surface area contributed by atoms with Crippen molar-refractivity contribution in [2.75, 3.05) is 18.5 Å². The largest absolute Gasteiger partial charge is 0.354 e. The molecule has 0 spiro atoms. The minimum absolute atomic E-state index is 0.00720. The van der Waals surface area contributed by atoms with Gasteiger partial charge in [-0.15, -0.1) is 0 Å². The zero-order chi connectivity index (χ0) is 15.8. The highest BCUT2D eigenvalue weighted by atomic mass is 16.5. The summed E-state index contributed by atoms with van der Waals surface area (Å²) in [6.07, 6.45) is 2.07. The number of amides is 3. The molecule has 1 saturated carbocycles. The van der Waals surface area contributed by atoms with Gasteiger partial charge < -0.3 is 9.42 Å². The van der Waals surface area contributed by atoms with Gasteiger partial charge in [0.2, 0.25) is 5.91 Å². The van der Waals surface area contributed by atoms with Gasteiger partial charge in [0.25, 0.3) is 0 Å². The van der Waals surface area contributed by atoms with Gasteiger partial charge in [0.1, 0.15) is 6.54 Å². The zero-order valence-electron chi connectivity index (χ0n) is 12.4. The maximum absolute atomic E-state index is 12.2.